The number of ether oxygens (including phenoxy) is 1. The lowest BCUT2D eigenvalue weighted by Gasteiger charge is -2.27. The molecule has 3 atom stereocenters. The zero-order valence-corrected chi connectivity index (χ0v) is 8.88. The van der Waals surface area contributed by atoms with Gasteiger partial charge in [-0.1, -0.05) is 27.2 Å². The Morgan fingerprint density at radius 3 is 2.77 bits per heavy atom. The normalized spacial score (nSPS) is 36.2. The molecule has 1 aliphatic rings. The maximum atomic E-state index is 11.4. The zero-order valence-electron chi connectivity index (χ0n) is 8.88. The molecule has 2 nitrogen and oxygen atoms in total. The van der Waals surface area contributed by atoms with Crippen LogP contribution in [0.3, 0.4) is 0 Å². The predicted molar refractivity (Wildman–Crippen MR) is 52.3 cm³/mol. The summed E-state index contributed by atoms with van der Waals surface area (Å²) >= 11 is 0. The highest BCUT2D eigenvalue weighted by Crippen LogP contribution is 2.28. The Morgan fingerprint density at radius 1 is 1.46 bits per heavy atom. The van der Waals surface area contributed by atoms with E-state index < -0.39 is 0 Å². The van der Waals surface area contributed by atoms with E-state index in [1.165, 1.54) is 6.42 Å². The highest BCUT2D eigenvalue weighted by Gasteiger charge is 2.27. The Labute approximate surface area is 80.7 Å². The molecule has 0 aliphatic carbocycles. The minimum Gasteiger partial charge on any atom is -0.465 e. The second-order valence-electron chi connectivity index (χ2n) is 4.25. The van der Waals surface area contributed by atoms with Crippen molar-refractivity contribution >= 4 is 5.97 Å². The topological polar surface area (TPSA) is 26.3 Å². The van der Waals surface area contributed by atoms with Gasteiger partial charge in [0.05, 0.1) is 12.5 Å². The molecule has 0 amide bonds. The summed E-state index contributed by atoms with van der Waals surface area (Å²) in [5.74, 6) is 1.30. The minimum atomic E-state index is -0.00116. The summed E-state index contributed by atoms with van der Waals surface area (Å²) in [6.07, 6.45) is 3.28. The summed E-state index contributed by atoms with van der Waals surface area (Å²) in [5, 5.41) is 0. The molecular formula is C11H20O2. The minimum absolute atomic E-state index is 0.00116. The fraction of sp³-hybridized carbons (Fsp3) is 0.909. The standard InChI is InChI=1S/C11H20O2/c1-4-10-7-8(2)5-6-13-11(12)9(10)3/h8-10H,4-7H2,1-3H3/t8-,9?,10?/m1/s1. The van der Waals surface area contributed by atoms with E-state index in [-0.39, 0.29) is 11.9 Å². The van der Waals surface area contributed by atoms with E-state index in [1.54, 1.807) is 0 Å². The first-order valence-corrected chi connectivity index (χ1v) is 5.31. The zero-order chi connectivity index (χ0) is 9.84. The third-order valence-corrected chi connectivity index (χ3v) is 3.16. The molecule has 1 saturated heterocycles. The Balaban J connectivity index is 2.61. The van der Waals surface area contributed by atoms with Crippen LogP contribution < -0.4 is 0 Å². The molecule has 2 unspecified atom stereocenters. The number of carbonyl (C=O) groups is 1. The molecule has 76 valence electrons. The van der Waals surface area contributed by atoms with Gasteiger partial charge in [-0.25, -0.2) is 0 Å². The van der Waals surface area contributed by atoms with E-state index in [4.69, 9.17) is 4.74 Å². The molecule has 0 bridgehead atoms. The number of cyclic esters (lactones) is 1. The van der Waals surface area contributed by atoms with Crippen LogP contribution in [0, 0.1) is 17.8 Å². The van der Waals surface area contributed by atoms with Gasteiger partial charge in [-0.3, -0.25) is 4.79 Å². The van der Waals surface area contributed by atoms with Gasteiger partial charge in [0.2, 0.25) is 0 Å². The third-order valence-electron chi connectivity index (χ3n) is 3.16. The van der Waals surface area contributed by atoms with Gasteiger partial charge in [0.25, 0.3) is 0 Å². The highest BCUT2D eigenvalue weighted by atomic mass is 16.5. The van der Waals surface area contributed by atoms with Gasteiger partial charge in [-0.2, -0.15) is 0 Å². The maximum absolute atomic E-state index is 11.4. The predicted octanol–water partition coefficient (Wildman–Crippen LogP) is 2.62. The molecule has 2 heteroatoms. The summed E-state index contributed by atoms with van der Waals surface area (Å²) in [6, 6.07) is 0. The van der Waals surface area contributed by atoms with E-state index in [2.05, 4.69) is 13.8 Å². The van der Waals surface area contributed by atoms with Gasteiger partial charge < -0.3 is 4.74 Å². The summed E-state index contributed by atoms with van der Waals surface area (Å²) in [6.45, 7) is 7.01. The molecular weight excluding hydrogens is 164 g/mol. The number of rotatable bonds is 1. The molecule has 13 heavy (non-hydrogen) atoms. The number of carbonyl (C=O) groups excluding carboxylic acids is 1. The van der Waals surface area contributed by atoms with Gasteiger partial charge in [0, 0.05) is 0 Å². The molecule has 1 fully saturated rings. The Bertz CT molecular complexity index is 177. The first-order chi connectivity index (χ1) is 6.15. The SMILES string of the molecule is CCC1C[C@H](C)CCOC(=O)C1C. The van der Waals surface area contributed by atoms with Gasteiger partial charge in [-0.15, -0.1) is 0 Å². The van der Waals surface area contributed by atoms with E-state index in [0.717, 1.165) is 12.8 Å². The van der Waals surface area contributed by atoms with E-state index in [0.29, 0.717) is 18.4 Å². The van der Waals surface area contributed by atoms with Crippen molar-refractivity contribution in [3.05, 3.63) is 0 Å². The summed E-state index contributed by atoms with van der Waals surface area (Å²) < 4.78 is 5.16. The van der Waals surface area contributed by atoms with E-state index >= 15 is 0 Å². The van der Waals surface area contributed by atoms with Crippen LogP contribution in [0.5, 0.6) is 0 Å². The van der Waals surface area contributed by atoms with Crippen molar-refractivity contribution in [1.82, 2.24) is 0 Å². The second-order valence-corrected chi connectivity index (χ2v) is 4.25. The maximum Gasteiger partial charge on any atom is 0.308 e. The largest absolute Gasteiger partial charge is 0.465 e. The Kier molecular flexibility index (Phi) is 3.76. The van der Waals surface area contributed by atoms with Crippen LogP contribution in [0.4, 0.5) is 0 Å². The average molecular weight is 184 g/mol. The van der Waals surface area contributed by atoms with Gasteiger partial charge >= 0.3 is 5.97 Å². The van der Waals surface area contributed by atoms with Crippen LogP contribution in [0.1, 0.15) is 40.0 Å². The Morgan fingerprint density at radius 2 is 2.15 bits per heavy atom. The third kappa shape index (κ3) is 2.71. The van der Waals surface area contributed by atoms with Gasteiger partial charge in [-0.05, 0) is 24.7 Å². The van der Waals surface area contributed by atoms with Crippen LogP contribution in [0.2, 0.25) is 0 Å². The number of esters is 1. The quantitative estimate of drug-likeness (QED) is 0.585. The van der Waals surface area contributed by atoms with Crippen molar-refractivity contribution in [2.75, 3.05) is 6.61 Å². The van der Waals surface area contributed by atoms with Crippen LogP contribution >= 0.6 is 0 Å². The lowest BCUT2D eigenvalue weighted by Crippen LogP contribution is -2.28. The summed E-state index contributed by atoms with van der Waals surface area (Å²) in [4.78, 5) is 11.4. The highest BCUT2D eigenvalue weighted by molar-refractivity contribution is 5.72. The lowest BCUT2D eigenvalue weighted by atomic mass is 9.82. The molecule has 0 radical (unpaired) electrons. The molecule has 0 saturated carbocycles. The van der Waals surface area contributed by atoms with Crippen LogP contribution in [0.15, 0.2) is 0 Å². The van der Waals surface area contributed by atoms with Crippen molar-refractivity contribution < 1.29 is 9.53 Å². The molecule has 1 rings (SSSR count). The molecule has 0 spiro atoms. The average Bonchev–Trinajstić information content (AvgIpc) is 2.11. The molecule has 0 N–H and O–H groups in total. The van der Waals surface area contributed by atoms with E-state index in [1.807, 2.05) is 6.92 Å². The van der Waals surface area contributed by atoms with Crippen LogP contribution in [-0.4, -0.2) is 12.6 Å². The van der Waals surface area contributed by atoms with Crippen molar-refractivity contribution in [3.8, 4) is 0 Å². The first kappa shape index (κ1) is 10.6. The molecule has 1 aliphatic heterocycles. The fourth-order valence-electron chi connectivity index (χ4n) is 2.04. The second kappa shape index (κ2) is 4.64. The summed E-state index contributed by atoms with van der Waals surface area (Å²) in [5.41, 5.74) is 0. The summed E-state index contributed by atoms with van der Waals surface area (Å²) in [7, 11) is 0. The van der Waals surface area contributed by atoms with Crippen LogP contribution in [0.25, 0.3) is 0 Å². The van der Waals surface area contributed by atoms with Crippen LogP contribution in [-0.2, 0) is 9.53 Å². The van der Waals surface area contributed by atoms with Crippen molar-refractivity contribution in [1.29, 1.82) is 0 Å². The number of hydrogen-bond donors (Lipinski definition) is 0. The molecule has 0 aromatic rings. The monoisotopic (exact) mass is 184 g/mol. The van der Waals surface area contributed by atoms with E-state index in [9.17, 15) is 4.79 Å². The smallest absolute Gasteiger partial charge is 0.308 e. The van der Waals surface area contributed by atoms with Crippen molar-refractivity contribution in [3.63, 3.8) is 0 Å². The molecule has 0 aromatic heterocycles. The number of hydrogen-bond acceptors (Lipinski definition) is 2. The fourth-order valence-corrected chi connectivity index (χ4v) is 2.04. The van der Waals surface area contributed by atoms with Crippen molar-refractivity contribution in [2.24, 2.45) is 17.8 Å². The van der Waals surface area contributed by atoms with Gasteiger partial charge in [0.1, 0.15) is 0 Å². The first-order valence-electron chi connectivity index (χ1n) is 5.31. The van der Waals surface area contributed by atoms with Gasteiger partial charge in [0.15, 0.2) is 0 Å². The Hall–Kier alpha value is -0.530. The lowest BCUT2D eigenvalue weighted by molar-refractivity contribution is -0.152. The molecule has 1 heterocycles. The van der Waals surface area contributed by atoms with Crippen molar-refractivity contribution in [2.45, 2.75) is 40.0 Å². The molecule has 0 aromatic carbocycles.